The minimum atomic E-state index is -0.183. The monoisotopic (exact) mass is 292 g/mol. The minimum Gasteiger partial charge on any atom is -0.496 e. The first-order chi connectivity index (χ1) is 10.8. The zero-order valence-corrected chi connectivity index (χ0v) is 12.2. The fraction of sp³-hybridized carbons (Fsp3) is 0.111. The smallest absolute Gasteiger partial charge is 0.275 e. The predicted molar refractivity (Wildman–Crippen MR) is 86.7 cm³/mol. The van der Waals surface area contributed by atoms with E-state index in [2.05, 4.69) is 10.3 Å². The lowest BCUT2D eigenvalue weighted by atomic mass is 10.1. The molecule has 0 aliphatic carbocycles. The summed E-state index contributed by atoms with van der Waals surface area (Å²) in [5.74, 6) is 1.20. The van der Waals surface area contributed by atoms with E-state index in [9.17, 15) is 4.79 Å². The van der Waals surface area contributed by atoms with Crippen LogP contribution in [0.1, 0.15) is 11.1 Å². The fourth-order valence-corrected chi connectivity index (χ4v) is 2.32. The number of carbonyl (C=O) groups is 1. The van der Waals surface area contributed by atoms with Gasteiger partial charge in [0.2, 0.25) is 0 Å². The number of amidine groups is 1. The third-order valence-electron chi connectivity index (χ3n) is 3.39. The Bertz CT molecular complexity index is 749. The van der Waals surface area contributed by atoms with Gasteiger partial charge in [-0.05, 0) is 17.7 Å². The zero-order valence-electron chi connectivity index (χ0n) is 12.2. The first kappa shape index (κ1) is 14.1. The summed E-state index contributed by atoms with van der Waals surface area (Å²) in [6.45, 7) is 0. The third-order valence-corrected chi connectivity index (χ3v) is 3.39. The molecule has 0 atom stereocenters. The largest absolute Gasteiger partial charge is 0.496 e. The molecule has 4 heteroatoms. The molecule has 0 spiro atoms. The summed E-state index contributed by atoms with van der Waals surface area (Å²) >= 11 is 0. The van der Waals surface area contributed by atoms with Crippen LogP contribution in [-0.2, 0) is 11.2 Å². The summed E-state index contributed by atoms with van der Waals surface area (Å²) in [5.41, 5.74) is 2.34. The Morgan fingerprint density at radius 1 is 1.09 bits per heavy atom. The summed E-state index contributed by atoms with van der Waals surface area (Å²) < 4.78 is 5.29. The number of benzene rings is 2. The lowest BCUT2D eigenvalue weighted by molar-refractivity contribution is -0.115. The van der Waals surface area contributed by atoms with Crippen LogP contribution in [0.25, 0.3) is 6.08 Å². The molecule has 1 amide bonds. The van der Waals surface area contributed by atoms with Gasteiger partial charge in [-0.2, -0.15) is 0 Å². The molecule has 0 fully saturated rings. The number of carbonyl (C=O) groups excluding carboxylic acids is 1. The van der Waals surface area contributed by atoms with Gasteiger partial charge in [0.05, 0.1) is 7.11 Å². The Morgan fingerprint density at radius 2 is 1.82 bits per heavy atom. The van der Waals surface area contributed by atoms with Crippen LogP contribution in [0.3, 0.4) is 0 Å². The van der Waals surface area contributed by atoms with Crippen LogP contribution in [0.2, 0.25) is 0 Å². The second-order valence-electron chi connectivity index (χ2n) is 4.95. The molecule has 1 aliphatic heterocycles. The van der Waals surface area contributed by atoms with E-state index in [-0.39, 0.29) is 5.91 Å². The standard InChI is InChI=1S/C18H16N2O2/c1-22-16-10-6-5-9-14(16)12-15-18(21)20-17(19-15)11-13-7-3-2-4-8-13/h2-10,12H,11H2,1H3,(H,19,20,21)/b15-12-. The lowest BCUT2D eigenvalue weighted by Gasteiger charge is -2.03. The van der Waals surface area contributed by atoms with Crippen LogP contribution in [0.4, 0.5) is 0 Å². The number of amides is 1. The van der Waals surface area contributed by atoms with Crippen molar-refractivity contribution in [2.24, 2.45) is 4.99 Å². The highest BCUT2D eigenvalue weighted by Crippen LogP contribution is 2.22. The molecule has 22 heavy (non-hydrogen) atoms. The van der Waals surface area contributed by atoms with E-state index >= 15 is 0 Å². The van der Waals surface area contributed by atoms with Gasteiger partial charge in [-0.25, -0.2) is 4.99 Å². The summed E-state index contributed by atoms with van der Waals surface area (Å²) in [5, 5.41) is 2.81. The molecule has 0 saturated carbocycles. The molecule has 0 aromatic heterocycles. The van der Waals surface area contributed by atoms with Crippen LogP contribution in [0.5, 0.6) is 5.75 Å². The Kier molecular flexibility index (Phi) is 4.01. The molecule has 0 unspecified atom stereocenters. The van der Waals surface area contributed by atoms with Gasteiger partial charge in [0.15, 0.2) is 0 Å². The molecule has 110 valence electrons. The maximum Gasteiger partial charge on any atom is 0.275 e. The summed E-state index contributed by atoms with van der Waals surface area (Å²) in [6, 6.07) is 17.5. The van der Waals surface area contributed by atoms with Crippen LogP contribution >= 0.6 is 0 Å². The van der Waals surface area contributed by atoms with Gasteiger partial charge in [-0.3, -0.25) is 4.79 Å². The maximum atomic E-state index is 12.0. The van der Waals surface area contributed by atoms with Crippen LogP contribution in [0, 0.1) is 0 Å². The number of para-hydroxylation sites is 1. The summed E-state index contributed by atoms with van der Waals surface area (Å²) in [6.07, 6.45) is 2.35. The van der Waals surface area contributed by atoms with Crippen molar-refractivity contribution < 1.29 is 9.53 Å². The third kappa shape index (κ3) is 3.06. The van der Waals surface area contributed by atoms with Gasteiger partial charge in [-0.15, -0.1) is 0 Å². The van der Waals surface area contributed by atoms with Crippen molar-refractivity contribution in [2.45, 2.75) is 6.42 Å². The number of nitrogens with one attached hydrogen (secondary N) is 1. The molecule has 2 aromatic carbocycles. The van der Waals surface area contributed by atoms with Crippen molar-refractivity contribution in [3.05, 3.63) is 71.4 Å². The van der Waals surface area contributed by atoms with Crippen molar-refractivity contribution in [1.82, 2.24) is 5.32 Å². The summed E-state index contributed by atoms with van der Waals surface area (Å²) in [4.78, 5) is 16.4. The average Bonchev–Trinajstić information content (AvgIpc) is 2.88. The van der Waals surface area contributed by atoms with Crippen molar-refractivity contribution in [2.75, 3.05) is 7.11 Å². The molecule has 2 aromatic rings. The Labute approximate surface area is 129 Å². The van der Waals surface area contributed by atoms with Crippen molar-refractivity contribution in [1.29, 1.82) is 0 Å². The molecule has 0 saturated heterocycles. The van der Waals surface area contributed by atoms with Gasteiger partial charge in [-0.1, -0.05) is 48.5 Å². The van der Waals surface area contributed by atoms with Crippen molar-refractivity contribution in [3.8, 4) is 5.75 Å². The zero-order chi connectivity index (χ0) is 15.4. The van der Waals surface area contributed by atoms with Crippen molar-refractivity contribution in [3.63, 3.8) is 0 Å². The van der Waals surface area contributed by atoms with Gasteiger partial charge in [0.25, 0.3) is 5.91 Å². The lowest BCUT2D eigenvalue weighted by Crippen LogP contribution is -2.25. The molecule has 0 bridgehead atoms. The van der Waals surface area contributed by atoms with Crippen molar-refractivity contribution >= 4 is 17.8 Å². The highest BCUT2D eigenvalue weighted by atomic mass is 16.5. The van der Waals surface area contributed by atoms with Crippen LogP contribution in [0.15, 0.2) is 65.3 Å². The van der Waals surface area contributed by atoms with E-state index in [4.69, 9.17) is 4.74 Å². The van der Waals surface area contributed by atoms with Gasteiger partial charge < -0.3 is 10.1 Å². The quantitative estimate of drug-likeness (QED) is 0.881. The minimum absolute atomic E-state index is 0.183. The maximum absolute atomic E-state index is 12.0. The molecule has 4 nitrogen and oxygen atoms in total. The first-order valence-corrected chi connectivity index (χ1v) is 7.04. The van der Waals surface area contributed by atoms with E-state index in [1.165, 1.54) is 0 Å². The first-order valence-electron chi connectivity index (χ1n) is 7.04. The molecular formula is C18H16N2O2. The normalized spacial score (nSPS) is 15.6. The van der Waals surface area contributed by atoms with Crippen LogP contribution in [-0.4, -0.2) is 18.9 Å². The van der Waals surface area contributed by atoms with E-state index in [0.717, 1.165) is 16.9 Å². The average molecular weight is 292 g/mol. The number of ether oxygens (including phenoxy) is 1. The van der Waals surface area contributed by atoms with E-state index in [1.807, 2.05) is 54.6 Å². The molecular weight excluding hydrogens is 276 g/mol. The predicted octanol–water partition coefficient (Wildman–Crippen LogP) is 2.81. The molecule has 3 rings (SSSR count). The van der Waals surface area contributed by atoms with Crippen LogP contribution < -0.4 is 10.1 Å². The number of aliphatic imine (C=N–C) groups is 1. The highest BCUT2D eigenvalue weighted by molar-refractivity contribution is 6.14. The molecule has 1 aliphatic rings. The number of hydrogen-bond acceptors (Lipinski definition) is 3. The number of rotatable bonds is 4. The van der Waals surface area contributed by atoms with Gasteiger partial charge in [0.1, 0.15) is 17.3 Å². The van der Waals surface area contributed by atoms with Gasteiger partial charge >= 0.3 is 0 Å². The molecule has 1 heterocycles. The Hall–Kier alpha value is -2.88. The van der Waals surface area contributed by atoms with E-state index in [0.29, 0.717) is 18.0 Å². The fourth-order valence-electron chi connectivity index (χ4n) is 2.32. The number of methoxy groups -OCH3 is 1. The second-order valence-corrected chi connectivity index (χ2v) is 4.95. The Morgan fingerprint density at radius 3 is 2.59 bits per heavy atom. The number of hydrogen-bond donors (Lipinski definition) is 1. The van der Waals surface area contributed by atoms with Gasteiger partial charge in [0, 0.05) is 12.0 Å². The Balaban J connectivity index is 1.85. The SMILES string of the molecule is COc1ccccc1/C=C1\N=C(Cc2ccccc2)NC1=O. The molecule has 1 N–H and O–H groups in total. The number of nitrogens with zero attached hydrogens (tertiary/aromatic N) is 1. The van der Waals surface area contributed by atoms with E-state index in [1.54, 1.807) is 13.2 Å². The highest BCUT2D eigenvalue weighted by Gasteiger charge is 2.20. The topological polar surface area (TPSA) is 50.7 Å². The second kappa shape index (κ2) is 6.26. The molecule has 0 radical (unpaired) electrons. The van der Waals surface area contributed by atoms with E-state index < -0.39 is 0 Å². The summed E-state index contributed by atoms with van der Waals surface area (Å²) in [7, 11) is 1.61.